The molecule has 0 bridgehead atoms. The van der Waals surface area contributed by atoms with Gasteiger partial charge in [-0.1, -0.05) is 0 Å². The molecule has 0 aromatic rings. The molecule has 0 aromatic heterocycles. The second-order valence-corrected chi connectivity index (χ2v) is 3.62. The molecule has 13 heavy (non-hydrogen) atoms. The Bertz CT molecular complexity index is 208. The summed E-state index contributed by atoms with van der Waals surface area (Å²) in [5, 5.41) is 0. The maximum atomic E-state index is 11.0. The first kappa shape index (κ1) is 10.0. The molecular formula is C9H16N2O2. The van der Waals surface area contributed by atoms with Crippen LogP contribution in [0.2, 0.25) is 0 Å². The minimum atomic E-state index is -0.235. The van der Waals surface area contributed by atoms with Crippen LogP contribution in [0.4, 0.5) is 0 Å². The highest BCUT2D eigenvalue weighted by atomic mass is 16.2. The van der Waals surface area contributed by atoms with Gasteiger partial charge in [0.2, 0.25) is 11.8 Å². The highest BCUT2D eigenvalue weighted by Crippen LogP contribution is 2.19. The van der Waals surface area contributed by atoms with Gasteiger partial charge in [0.15, 0.2) is 0 Å². The van der Waals surface area contributed by atoms with Crippen molar-refractivity contribution >= 4 is 11.8 Å². The molecule has 74 valence electrons. The summed E-state index contributed by atoms with van der Waals surface area (Å²) < 4.78 is 0. The molecule has 1 fully saturated rings. The zero-order valence-corrected chi connectivity index (χ0v) is 7.95. The molecule has 4 heteroatoms. The summed E-state index contributed by atoms with van der Waals surface area (Å²) in [5.74, 6) is 0.270. The van der Waals surface area contributed by atoms with Crippen LogP contribution in [0.1, 0.15) is 26.2 Å². The summed E-state index contributed by atoms with van der Waals surface area (Å²) >= 11 is 0. The normalized spacial score (nSPS) is 18.7. The molecule has 0 radical (unpaired) electrons. The van der Waals surface area contributed by atoms with E-state index in [4.69, 9.17) is 5.73 Å². The van der Waals surface area contributed by atoms with Crippen molar-refractivity contribution < 1.29 is 9.59 Å². The van der Waals surface area contributed by atoms with Gasteiger partial charge in [-0.05, 0) is 18.8 Å². The van der Waals surface area contributed by atoms with Gasteiger partial charge in [-0.25, -0.2) is 0 Å². The van der Waals surface area contributed by atoms with Gasteiger partial charge < -0.3 is 10.6 Å². The zero-order valence-electron chi connectivity index (χ0n) is 7.95. The number of nitrogens with two attached hydrogens (primary N) is 1. The Kier molecular flexibility index (Phi) is 3.28. The van der Waals surface area contributed by atoms with Gasteiger partial charge in [0, 0.05) is 26.4 Å². The van der Waals surface area contributed by atoms with Crippen molar-refractivity contribution in [3.8, 4) is 0 Å². The first-order valence-electron chi connectivity index (χ1n) is 4.63. The number of likely N-dealkylation sites (tertiary alicyclic amines) is 1. The Labute approximate surface area is 78.1 Å². The van der Waals surface area contributed by atoms with Gasteiger partial charge >= 0.3 is 0 Å². The van der Waals surface area contributed by atoms with Gasteiger partial charge in [0.05, 0.1) is 0 Å². The van der Waals surface area contributed by atoms with E-state index in [0.29, 0.717) is 12.3 Å². The van der Waals surface area contributed by atoms with Crippen LogP contribution in [0.5, 0.6) is 0 Å². The van der Waals surface area contributed by atoms with Crippen LogP contribution in [-0.2, 0) is 9.59 Å². The van der Waals surface area contributed by atoms with E-state index in [1.807, 2.05) is 4.90 Å². The van der Waals surface area contributed by atoms with E-state index in [0.717, 1.165) is 25.9 Å². The minimum Gasteiger partial charge on any atom is -0.370 e. The average molecular weight is 184 g/mol. The average Bonchev–Trinajstić information content (AvgIpc) is 2.04. The minimum absolute atomic E-state index is 0.123. The Morgan fingerprint density at radius 3 is 2.31 bits per heavy atom. The third kappa shape index (κ3) is 3.05. The number of hydrogen-bond donors (Lipinski definition) is 1. The fraction of sp³-hybridized carbons (Fsp3) is 0.778. The fourth-order valence-corrected chi connectivity index (χ4v) is 1.74. The molecule has 0 unspecified atom stereocenters. The summed E-state index contributed by atoms with van der Waals surface area (Å²) in [6.45, 7) is 3.12. The van der Waals surface area contributed by atoms with E-state index in [-0.39, 0.29) is 11.8 Å². The predicted octanol–water partition coefficient (Wildman–Crippen LogP) is 0.120. The number of rotatable bonds is 2. The molecule has 4 nitrogen and oxygen atoms in total. The van der Waals surface area contributed by atoms with Crippen LogP contribution in [0.3, 0.4) is 0 Å². The Morgan fingerprint density at radius 2 is 1.92 bits per heavy atom. The number of amides is 2. The number of piperidine rings is 1. The molecule has 0 spiro atoms. The molecule has 2 amide bonds. The van der Waals surface area contributed by atoms with Crippen LogP contribution in [-0.4, -0.2) is 29.8 Å². The van der Waals surface area contributed by atoms with Gasteiger partial charge in [-0.15, -0.1) is 0 Å². The predicted molar refractivity (Wildman–Crippen MR) is 48.8 cm³/mol. The van der Waals surface area contributed by atoms with Crippen LogP contribution in [0, 0.1) is 5.92 Å². The molecule has 1 saturated heterocycles. The molecular weight excluding hydrogens is 168 g/mol. The molecule has 1 aliphatic heterocycles. The highest BCUT2D eigenvalue weighted by molar-refractivity contribution is 5.74. The third-order valence-electron chi connectivity index (χ3n) is 2.55. The number of carbonyl (C=O) groups is 2. The molecule has 1 aliphatic rings. The quantitative estimate of drug-likeness (QED) is 0.662. The second kappa shape index (κ2) is 4.25. The maximum Gasteiger partial charge on any atom is 0.219 e. The van der Waals surface area contributed by atoms with E-state index in [2.05, 4.69) is 0 Å². The van der Waals surface area contributed by atoms with Crippen LogP contribution >= 0.6 is 0 Å². The summed E-state index contributed by atoms with van der Waals surface area (Å²) in [4.78, 5) is 23.4. The summed E-state index contributed by atoms with van der Waals surface area (Å²) in [7, 11) is 0. The molecule has 0 saturated carbocycles. The summed E-state index contributed by atoms with van der Waals surface area (Å²) in [6, 6.07) is 0. The molecule has 0 aliphatic carbocycles. The molecule has 2 N–H and O–H groups in total. The van der Waals surface area contributed by atoms with Crippen LogP contribution in [0.25, 0.3) is 0 Å². The fourth-order valence-electron chi connectivity index (χ4n) is 1.74. The number of primary amides is 1. The lowest BCUT2D eigenvalue weighted by molar-refractivity contribution is -0.130. The molecule has 1 rings (SSSR count). The van der Waals surface area contributed by atoms with Crippen molar-refractivity contribution in [1.29, 1.82) is 0 Å². The number of nitrogens with zero attached hydrogens (tertiary/aromatic N) is 1. The van der Waals surface area contributed by atoms with Crippen LogP contribution in [0.15, 0.2) is 0 Å². The van der Waals surface area contributed by atoms with E-state index < -0.39 is 0 Å². The number of hydrogen-bond acceptors (Lipinski definition) is 2. The van der Waals surface area contributed by atoms with Crippen molar-refractivity contribution in [3.63, 3.8) is 0 Å². The topological polar surface area (TPSA) is 63.4 Å². The standard InChI is InChI=1S/C9H16N2O2/c1-7(12)11-4-2-8(3-5-11)6-9(10)13/h8H,2-6H2,1H3,(H2,10,13). The van der Waals surface area contributed by atoms with E-state index >= 15 is 0 Å². The van der Waals surface area contributed by atoms with E-state index in [9.17, 15) is 9.59 Å². The van der Waals surface area contributed by atoms with Gasteiger partial charge in [-0.2, -0.15) is 0 Å². The van der Waals surface area contributed by atoms with Crippen LogP contribution < -0.4 is 5.73 Å². The lowest BCUT2D eigenvalue weighted by Gasteiger charge is -2.30. The van der Waals surface area contributed by atoms with Crippen molar-refractivity contribution in [1.82, 2.24) is 4.90 Å². The Morgan fingerprint density at radius 1 is 1.38 bits per heavy atom. The number of carbonyl (C=O) groups excluding carboxylic acids is 2. The Hall–Kier alpha value is -1.06. The second-order valence-electron chi connectivity index (χ2n) is 3.62. The van der Waals surface area contributed by atoms with Crippen molar-refractivity contribution in [2.45, 2.75) is 26.2 Å². The van der Waals surface area contributed by atoms with E-state index in [1.54, 1.807) is 6.92 Å². The Balaban J connectivity index is 2.30. The van der Waals surface area contributed by atoms with Gasteiger partial charge in [0.1, 0.15) is 0 Å². The largest absolute Gasteiger partial charge is 0.370 e. The first-order chi connectivity index (χ1) is 6.09. The SMILES string of the molecule is CC(=O)N1CCC(CC(N)=O)CC1. The first-order valence-corrected chi connectivity index (χ1v) is 4.63. The smallest absolute Gasteiger partial charge is 0.219 e. The van der Waals surface area contributed by atoms with E-state index in [1.165, 1.54) is 0 Å². The van der Waals surface area contributed by atoms with Gasteiger partial charge in [0.25, 0.3) is 0 Å². The molecule has 0 aromatic carbocycles. The third-order valence-corrected chi connectivity index (χ3v) is 2.55. The summed E-state index contributed by atoms with van der Waals surface area (Å²) in [6.07, 6.45) is 2.27. The highest BCUT2D eigenvalue weighted by Gasteiger charge is 2.21. The van der Waals surface area contributed by atoms with Crippen molar-refractivity contribution in [3.05, 3.63) is 0 Å². The summed E-state index contributed by atoms with van der Waals surface area (Å²) in [5.41, 5.74) is 5.10. The lowest BCUT2D eigenvalue weighted by Crippen LogP contribution is -2.37. The van der Waals surface area contributed by atoms with Crippen molar-refractivity contribution in [2.75, 3.05) is 13.1 Å². The monoisotopic (exact) mass is 184 g/mol. The zero-order chi connectivity index (χ0) is 9.84. The van der Waals surface area contributed by atoms with Gasteiger partial charge in [-0.3, -0.25) is 9.59 Å². The molecule has 1 heterocycles. The van der Waals surface area contributed by atoms with Crippen molar-refractivity contribution in [2.24, 2.45) is 11.7 Å². The molecule has 0 atom stereocenters. The maximum absolute atomic E-state index is 11.0. The lowest BCUT2D eigenvalue weighted by atomic mass is 9.93.